The lowest BCUT2D eigenvalue weighted by atomic mass is 10.1. The zero-order valence-corrected chi connectivity index (χ0v) is 13.2. The summed E-state index contributed by atoms with van der Waals surface area (Å²) in [5, 5.41) is 2.97. The molecular weight excluding hydrogens is 337 g/mol. The van der Waals surface area contributed by atoms with Gasteiger partial charge >= 0.3 is 0 Å². The Balaban J connectivity index is 2.23. The average Bonchev–Trinajstić information content (AvgIpc) is 2.42. The summed E-state index contributed by atoms with van der Waals surface area (Å²) in [6, 6.07) is 7.86. The number of aryl methyl sites for hydroxylation is 1. The molecule has 2 nitrogen and oxygen atoms in total. The summed E-state index contributed by atoms with van der Waals surface area (Å²) in [5.74, 6) is 0.0477. The predicted octanol–water partition coefficient (Wildman–Crippen LogP) is 3.97. The van der Waals surface area contributed by atoms with Crippen molar-refractivity contribution in [1.82, 2.24) is 5.32 Å². The largest absolute Gasteiger partial charge is 0.352 e. The van der Waals surface area contributed by atoms with Crippen molar-refractivity contribution in [1.29, 1.82) is 0 Å². The SMILES string of the molecule is CCc1ccc(C(=O)NCCCCCCI)cc1. The van der Waals surface area contributed by atoms with Gasteiger partial charge in [0.15, 0.2) is 0 Å². The molecule has 0 radical (unpaired) electrons. The number of nitrogens with one attached hydrogen (secondary N) is 1. The average molecular weight is 359 g/mol. The van der Waals surface area contributed by atoms with Gasteiger partial charge in [-0.2, -0.15) is 0 Å². The van der Waals surface area contributed by atoms with Gasteiger partial charge < -0.3 is 5.32 Å². The Kier molecular flexibility index (Phi) is 8.05. The van der Waals surface area contributed by atoms with Crippen molar-refractivity contribution in [3.8, 4) is 0 Å². The van der Waals surface area contributed by atoms with E-state index in [1.165, 1.54) is 29.3 Å². The highest BCUT2D eigenvalue weighted by molar-refractivity contribution is 14.1. The Labute approximate surface area is 124 Å². The number of carbonyl (C=O) groups is 1. The van der Waals surface area contributed by atoms with Crippen molar-refractivity contribution in [2.75, 3.05) is 11.0 Å². The van der Waals surface area contributed by atoms with Crippen LogP contribution < -0.4 is 5.32 Å². The Hall–Kier alpha value is -0.580. The maximum Gasteiger partial charge on any atom is 0.251 e. The van der Waals surface area contributed by atoms with Crippen LogP contribution in [0.5, 0.6) is 0 Å². The van der Waals surface area contributed by atoms with Crippen LogP contribution in [-0.4, -0.2) is 16.9 Å². The summed E-state index contributed by atoms with van der Waals surface area (Å²) in [4.78, 5) is 11.8. The normalized spacial score (nSPS) is 10.3. The molecule has 0 aliphatic carbocycles. The molecule has 3 heteroatoms. The van der Waals surface area contributed by atoms with Gasteiger partial charge in [0.05, 0.1) is 0 Å². The van der Waals surface area contributed by atoms with Crippen LogP contribution in [0, 0.1) is 0 Å². The van der Waals surface area contributed by atoms with E-state index in [0.717, 1.165) is 24.9 Å². The standard InChI is InChI=1S/C15H22INO/c1-2-13-7-9-14(10-8-13)15(18)17-12-6-4-3-5-11-16/h7-10H,2-6,11-12H2,1H3,(H,17,18). The maximum atomic E-state index is 11.8. The fourth-order valence-corrected chi connectivity index (χ4v) is 2.31. The molecule has 0 spiro atoms. The molecule has 0 heterocycles. The third-order valence-electron chi connectivity index (χ3n) is 2.97. The molecule has 0 atom stereocenters. The van der Waals surface area contributed by atoms with Crippen molar-refractivity contribution >= 4 is 28.5 Å². The fourth-order valence-electron chi connectivity index (χ4n) is 1.77. The van der Waals surface area contributed by atoms with Crippen molar-refractivity contribution in [2.24, 2.45) is 0 Å². The van der Waals surface area contributed by atoms with Crippen molar-refractivity contribution < 1.29 is 4.79 Å². The van der Waals surface area contributed by atoms with E-state index in [1.807, 2.05) is 24.3 Å². The van der Waals surface area contributed by atoms with Crippen LogP contribution in [0.4, 0.5) is 0 Å². The van der Waals surface area contributed by atoms with Gasteiger partial charge in [-0.3, -0.25) is 4.79 Å². The van der Waals surface area contributed by atoms with Crippen LogP contribution in [0.1, 0.15) is 48.5 Å². The zero-order chi connectivity index (χ0) is 13.2. The summed E-state index contributed by atoms with van der Waals surface area (Å²) in [6.07, 6.45) is 5.85. The van der Waals surface area contributed by atoms with Crippen LogP contribution >= 0.6 is 22.6 Å². The maximum absolute atomic E-state index is 11.8. The van der Waals surface area contributed by atoms with Crippen LogP contribution in [0.15, 0.2) is 24.3 Å². The summed E-state index contributed by atoms with van der Waals surface area (Å²) in [6.45, 7) is 2.90. The summed E-state index contributed by atoms with van der Waals surface area (Å²) in [7, 11) is 0. The van der Waals surface area contributed by atoms with E-state index in [4.69, 9.17) is 0 Å². The van der Waals surface area contributed by atoms with Gasteiger partial charge in [0.1, 0.15) is 0 Å². The second-order valence-corrected chi connectivity index (χ2v) is 5.49. The van der Waals surface area contributed by atoms with Crippen LogP contribution in [0.3, 0.4) is 0 Å². The first kappa shape index (κ1) is 15.5. The molecule has 0 bridgehead atoms. The smallest absolute Gasteiger partial charge is 0.251 e. The molecule has 1 aromatic rings. The van der Waals surface area contributed by atoms with Crippen LogP contribution in [0.25, 0.3) is 0 Å². The Morgan fingerprint density at radius 2 is 1.78 bits per heavy atom. The van der Waals surface area contributed by atoms with Crippen molar-refractivity contribution in [3.05, 3.63) is 35.4 Å². The van der Waals surface area contributed by atoms with E-state index in [2.05, 4.69) is 34.8 Å². The minimum Gasteiger partial charge on any atom is -0.352 e. The Morgan fingerprint density at radius 1 is 1.11 bits per heavy atom. The van der Waals surface area contributed by atoms with E-state index in [0.29, 0.717) is 0 Å². The molecule has 100 valence electrons. The lowest BCUT2D eigenvalue weighted by Gasteiger charge is -2.05. The van der Waals surface area contributed by atoms with Gasteiger partial charge in [-0.25, -0.2) is 0 Å². The minimum atomic E-state index is 0.0477. The Morgan fingerprint density at radius 3 is 2.39 bits per heavy atom. The zero-order valence-electron chi connectivity index (χ0n) is 11.0. The van der Waals surface area contributed by atoms with Gasteiger partial charge in [0.25, 0.3) is 5.91 Å². The predicted molar refractivity (Wildman–Crippen MR) is 85.5 cm³/mol. The molecule has 1 N–H and O–H groups in total. The number of hydrogen-bond acceptors (Lipinski definition) is 1. The lowest BCUT2D eigenvalue weighted by Crippen LogP contribution is -2.24. The third kappa shape index (κ3) is 5.85. The van der Waals surface area contributed by atoms with Gasteiger partial charge in [0, 0.05) is 12.1 Å². The molecule has 0 aliphatic heterocycles. The highest BCUT2D eigenvalue weighted by Gasteiger charge is 2.03. The number of unbranched alkanes of at least 4 members (excludes halogenated alkanes) is 3. The van der Waals surface area contributed by atoms with Gasteiger partial charge in [0.2, 0.25) is 0 Å². The van der Waals surface area contributed by atoms with E-state index < -0.39 is 0 Å². The summed E-state index contributed by atoms with van der Waals surface area (Å²) < 4.78 is 1.23. The lowest BCUT2D eigenvalue weighted by molar-refractivity contribution is 0.0953. The van der Waals surface area contributed by atoms with E-state index >= 15 is 0 Å². The molecule has 1 aromatic carbocycles. The summed E-state index contributed by atoms with van der Waals surface area (Å²) in [5.41, 5.74) is 2.03. The van der Waals surface area contributed by atoms with Gasteiger partial charge in [-0.05, 0) is 41.4 Å². The number of amides is 1. The number of benzene rings is 1. The minimum absolute atomic E-state index is 0.0477. The Bertz CT molecular complexity index is 348. The quantitative estimate of drug-likeness (QED) is 0.425. The topological polar surface area (TPSA) is 29.1 Å². The third-order valence-corrected chi connectivity index (χ3v) is 3.73. The number of halogens is 1. The number of rotatable bonds is 8. The molecule has 1 amide bonds. The first-order chi connectivity index (χ1) is 8.77. The van der Waals surface area contributed by atoms with Crippen LogP contribution in [-0.2, 0) is 6.42 Å². The van der Waals surface area contributed by atoms with Gasteiger partial charge in [-0.15, -0.1) is 0 Å². The molecule has 0 fully saturated rings. The highest BCUT2D eigenvalue weighted by Crippen LogP contribution is 2.05. The molecule has 0 unspecified atom stereocenters. The van der Waals surface area contributed by atoms with E-state index in [9.17, 15) is 4.79 Å². The molecule has 18 heavy (non-hydrogen) atoms. The second kappa shape index (κ2) is 9.36. The molecule has 0 saturated carbocycles. The highest BCUT2D eigenvalue weighted by atomic mass is 127. The molecule has 0 aromatic heterocycles. The fraction of sp³-hybridized carbons (Fsp3) is 0.533. The molecule has 0 saturated heterocycles. The number of alkyl halides is 1. The monoisotopic (exact) mass is 359 g/mol. The first-order valence-electron chi connectivity index (χ1n) is 6.71. The second-order valence-electron chi connectivity index (χ2n) is 4.41. The van der Waals surface area contributed by atoms with Crippen LogP contribution in [0.2, 0.25) is 0 Å². The van der Waals surface area contributed by atoms with Crippen molar-refractivity contribution in [2.45, 2.75) is 39.0 Å². The van der Waals surface area contributed by atoms with Crippen molar-refractivity contribution in [3.63, 3.8) is 0 Å². The molecular formula is C15H22INO. The first-order valence-corrected chi connectivity index (χ1v) is 8.23. The molecule has 1 rings (SSSR count). The number of hydrogen-bond donors (Lipinski definition) is 1. The summed E-state index contributed by atoms with van der Waals surface area (Å²) >= 11 is 2.40. The van der Waals surface area contributed by atoms with E-state index in [1.54, 1.807) is 0 Å². The van der Waals surface area contributed by atoms with E-state index in [-0.39, 0.29) is 5.91 Å². The molecule has 0 aliphatic rings. The van der Waals surface area contributed by atoms with Gasteiger partial charge in [-0.1, -0.05) is 54.5 Å². The number of carbonyl (C=O) groups excluding carboxylic acids is 1.